The van der Waals surface area contributed by atoms with Crippen molar-refractivity contribution in [3.63, 3.8) is 0 Å². The number of aromatic hydroxyl groups is 1. The molecule has 0 bridgehead atoms. The van der Waals surface area contributed by atoms with Crippen LogP contribution in [-0.2, 0) is 21.5 Å². The zero-order chi connectivity index (χ0) is 18.5. The highest BCUT2D eigenvalue weighted by Gasteiger charge is 2.53. The van der Waals surface area contributed by atoms with Gasteiger partial charge in [-0.15, -0.1) is 0 Å². The van der Waals surface area contributed by atoms with Crippen LogP contribution in [0.5, 0.6) is 11.5 Å². The Labute approximate surface area is 153 Å². The number of hydrogen-bond acceptors (Lipinski definition) is 6. The van der Waals surface area contributed by atoms with Gasteiger partial charge in [0.2, 0.25) is 0 Å². The van der Waals surface area contributed by atoms with Crippen LogP contribution < -0.4 is 4.74 Å². The Morgan fingerprint density at radius 1 is 1.50 bits per heavy atom. The maximum Gasteiger partial charge on any atom is 0.308 e. The van der Waals surface area contributed by atoms with Crippen molar-refractivity contribution in [1.29, 1.82) is 0 Å². The molecule has 2 aliphatic heterocycles. The molecule has 0 amide bonds. The number of aliphatic hydroxyl groups excluding tert-OH is 1. The first-order valence-corrected chi connectivity index (χ1v) is 9.16. The number of hydrogen-bond donors (Lipinski definition) is 2. The average molecular weight is 359 g/mol. The predicted molar refractivity (Wildman–Crippen MR) is 95.1 cm³/mol. The number of phenolic OH excluding ortho intramolecular Hbond substituents is 1. The largest absolute Gasteiger partial charge is 0.504 e. The Morgan fingerprint density at radius 2 is 2.31 bits per heavy atom. The summed E-state index contributed by atoms with van der Waals surface area (Å²) in [6.45, 7) is 3.31. The lowest BCUT2D eigenvalue weighted by Gasteiger charge is -2.36. The summed E-state index contributed by atoms with van der Waals surface area (Å²) in [5.41, 5.74) is 1.97. The fourth-order valence-corrected chi connectivity index (χ4v) is 4.46. The molecule has 0 saturated heterocycles. The maximum atomic E-state index is 11.9. The molecule has 0 saturated carbocycles. The van der Waals surface area contributed by atoms with Gasteiger partial charge in [-0.1, -0.05) is 12.1 Å². The third-order valence-electron chi connectivity index (χ3n) is 5.67. The Morgan fingerprint density at radius 3 is 3.08 bits per heavy atom. The first-order valence-electron chi connectivity index (χ1n) is 9.16. The topological polar surface area (TPSA) is 79.2 Å². The van der Waals surface area contributed by atoms with Gasteiger partial charge >= 0.3 is 5.97 Å². The third kappa shape index (κ3) is 2.77. The van der Waals surface area contributed by atoms with Crippen LogP contribution in [0, 0.1) is 0 Å². The van der Waals surface area contributed by atoms with Crippen LogP contribution in [0.3, 0.4) is 0 Å². The lowest BCUT2D eigenvalue weighted by Crippen LogP contribution is -2.43. The fraction of sp³-hybridized carbons (Fsp3) is 0.550. The SMILES string of the molecule is CC(O)CC(=O)OC1C=CC23CCN(C)Cc4ccc(O)c(c42)OC3C1. The van der Waals surface area contributed by atoms with Crippen LogP contribution in [0.25, 0.3) is 0 Å². The normalized spacial score (nSPS) is 30.7. The molecule has 1 spiro atoms. The van der Waals surface area contributed by atoms with E-state index in [2.05, 4.69) is 18.0 Å². The Balaban J connectivity index is 1.66. The van der Waals surface area contributed by atoms with Crippen molar-refractivity contribution in [2.24, 2.45) is 0 Å². The molecule has 0 aromatic heterocycles. The summed E-state index contributed by atoms with van der Waals surface area (Å²) in [6, 6.07) is 3.67. The number of esters is 1. The fourth-order valence-electron chi connectivity index (χ4n) is 4.46. The molecular formula is C20H25NO5. The number of rotatable bonds is 3. The molecule has 4 atom stereocenters. The first kappa shape index (κ1) is 17.4. The van der Waals surface area contributed by atoms with Crippen molar-refractivity contribution in [2.45, 2.75) is 56.5 Å². The van der Waals surface area contributed by atoms with E-state index in [-0.39, 0.29) is 29.8 Å². The molecule has 1 aromatic rings. The highest BCUT2D eigenvalue weighted by Crippen LogP contribution is 2.55. The van der Waals surface area contributed by atoms with Crippen LogP contribution >= 0.6 is 0 Å². The zero-order valence-electron chi connectivity index (χ0n) is 15.1. The molecule has 0 fully saturated rings. The molecule has 26 heavy (non-hydrogen) atoms. The van der Waals surface area contributed by atoms with Crippen molar-refractivity contribution in [3.8, 4) is 11.5 Å². The number of phenols is 1. The summed E-state index contributed by atoms with van der Waals surface area (Å²) in [7, 11) is 2.10. The van der Waals surface area contributed by atoms with Crippen molar-refractivity contribution < 1.29 is 24.5 Å². The van der Waals surface area contributed by atoms with E-state index >= 15 is 0 Å². The number of ether oxygens (including phenoxy) is 2. The quantitative estimate of drug-likeness (QED) is 0.634. The first-order chi connectivity index (χ1) is 12.4. The van der Waals surface area contributed by atoms with E-state index in [0.29, 0.717) is 12.2 Å². The van der Waals surface area contributed by atoms with E-state index in [1.807, 2.05) is 12.1 Å². The predicted octanol–water partition coefficient (Wildman–Crippen LogP) is 1.87. The highest BCUT2D eigenvalue weighted by atomic mass is 16.5. The molecule has 1 aliphatic carbocycles. The molecule has 6 nitrogen and oxygen atoms in total. The van der Waals surface area contributed by atoms with E-state index in [1.54, 1.807) is 13.0 Å². The molecule has 2 heterocycles. The molecule has 0 radical (unpaired) electrons. The van der Waals surface area contributed by atoms with Gasteiger partial charge in [-0.2, -0.15) is 0 Å². The second kappa shape index (κ2) is 6.28. The molecule has 140 valence electrons. The van der Waals surface area contributed by atoms with Gasteiger partial charge < -0.3 is 24.6 Å². The third-order valence-corrected chi connectivity index (χ3v) is 5.67. The van der Waals surface area contributed by atoms with Gasteiger partial charge in [0.25, 0.3) is 0 Å². The zero-order valence-corrected chi connectivity index (χ0v) is 15.1. The van der Waals surface area contributed by atoms with Crippen molar-refractivity contribution in [2.75, 3.05) is 13.6 Å². The van der Waals surface area contributed by atoms with E-state index in [9.17, 15) is 15.0 Å². The molecular weight excluding hydrogens is 334 g/mol. The summed E-state index contributed by atoms with van der Waals surface area (Å²) in [5.74, 6) is 0.326. The van der Waals surface area contributed by atoms with Crippen molar-refractivity contribution in [1.82, 2.24) is 4.90 Å². The van der Waals surface area contributed by atoms with Crippen LogP contribution in [-0.4, -0.2) is 53.0 Å². The van der Waals surface area contributed by atoms with Gasteiger partial charge in [0, 0.05) is 18.5 Å². The van der Waals surface area contributed by atoms with Crippen molar-refractivity contribution in [3.05, 3.63) is 35.4 Å². The van der Waals surface area contributed by atoms with Gasteiger partial charge in [-0.25, -0.2) is 0 Å². The van der Waals surface area contributed by atoms with Gasteiger partial charge in [-0.05, 0) is 44.6 Å². The highest BCUT2D eigenvalue weighted by molar-refractivity contribution is 5.70. The molecule has 4 rings (SSSR count). The van der Waals surface area contributed by atoms with Crippen LogP contribution in [0.1, 0.15) is 37.3 Å². The summed E-state index contributed by atoms with van der Waals surface area (Å²) in [5, 5.41) is 19.7. The van der Waals surface area contributed by atoms with Crippen LogP contribution in [0.4, 0.5) is 0 Å². The van der Waals surface area contributed by atoms with Crippen LogP contribution in [0.15, 0.2) is 24.3 Å². The van der Waals surface area contributed by atoms with Crippen LogP contribution in [0.2, 0.25) is 0 Å². The number of carbonyl (C=O) groups is 1. The maximum absolute atomic E-state index is 11.9. The molecule has 2 N–H and O–H groups in total. The Hall–Kier alpha value is -2.05. The summed E-state index contributed by atoms with van der Waals surface area (Å²) in [6.07, 6.45) is 4.19. The molecule has 3 aliphatic rings. The minimum absolute atomic E-state index is 0.0169. The van der Waals surface area contributed by atoms with Gasteiger partial charge in [0.15, 0.2) is 11.5 Å². The van der Waals surface area contributed by atoms with E-state index in [4.69, 9.17) is 9.47 Å². The summed E-state index contributed by atoms with van der Waals surface area (Å²) >= 11 is 0. The Bertz CT molecular complexity index is 759. The number of carbonyl (C=O) groups excluding carboxylic acids is 1. The summed E-state index contributed by atoms with van der Waals surface area (Å²) in [4.78, 5) is 14.2. The van der Waals surface area contributed by atoms with E-state index in [1.165, 1.54) is 5.56 Å². The molecule has 6 heteroatoms. The smallest absolute Gasteiger partial charge is 0.308 e. The van der Waals surface area contributed by atoms with E-state index < -0.39 is 12.1 Å². The minimum Gasteiger partial charge on any atom is -0.504 e. The van der Waals surface area contributed by atoms with Gasteiger partial charge in [0.1, 0.15) is 12.2 Å². The second-order valence-electron chi connectivity index (χ2n) is 7.76. The lowest BCUT2D eigenvalue weighted by atomic mass is 9.69. The average Bonchev–Trinajstić information content (AvgIpc) is 2.83. The van der Waals surface area contributed by atoms with Crippen molar-refractivity contribution >= 4 is 5.97 Å². The number of benzene rings is 1. The van der Waals surface area contributed by atoms with Gasteiger partial charge in [0.05, 0.1) is 17.9 Å². The second-order valence-corrected chi connectivity index (χ2v) is 7.76. The number of aliphatic hydroxyl groups is 1. The summed E-state index contributed by atoms with van der Waals surface area (Å²) < 4.78 is 11.7. The Kier molecular flexibility index (Phi) is 4.20. The molecule has 4 unspecified atom stereocenters. The standard InChI is InChI=1S/C20H25NO5/c1-12(22)9-17(24)25-14-5-6-20-7-8-21(2)11-13-3-4-15(23)19(18(13)20)26-16(20)10-14/h3-6,12,14,16,22-23H,7-11H2,1-2H3. The number of nitrogens with zero attached hydrogens (tertiary/aromatic N) is 1. The minimum atomic E-state index is -0.717. The molecule has 1 aromatic carbocycles. The van der Waals surface area contributed by atoms with E-state index in [0.717, 1.165) is 25.1 Å². The monoisotopic (exact) mass is 359 g/mol. The lowest BCUT2D eigenvalue weighted by molar-refractivity contribution is -0.150. The van der Waals surface area contributed by atoms with Gasteiger partial charge in [-0.3, -0.25) is 4.79 Å².